The van der Waals surface area contributed by atoms with Crippen LogP contribution in [0.15, 0.2) is 24.3 Å². The van der Waals surface area contributed by atoms with Crippen molar-refractivity contribution in [3.8, 4) is 0 Å². The minimum absolute atomic E-state index is 0. The Morgan fingerprint density at radius 2 is 1.30 bits per heavy atom. The summed E-state index contributed by atoms with van der Waals surface area (Å²) >= 11 is 0. The molecule has 0 saturated carbocycles. The van der Waals surface area contributed by atoms with E-state index < -0.39 is 14.9 Å². The van der Waals surface area contributed by atoms with Crippen LogP contribution in [0, 0.1) is 5.82 Å². The first-order chi connectivity index (χ1) is 5.97. The molecule has 0 atom stereocenters. The van der Waals surface area contributed by atoms with E-state index in [1.54, 1.807) is 0 Å². The van der Waals surface area contributed by atoms with Gasteiger partial charge in [-0.15, -0.1) is 0 Å². The zero-order valence-corrected chi connectivity index (χ0v) is 12.4. The molecule has 20 heavy (non-hydrogen) atoms. The second kappa shape index (κ2) is 18.7. The smallest absolute Gasteiger partial charge is 0.746 e. The van der Waals surface area contributed by atoms with Crippen LogP contribution in [0.2, 0.25) is 0 Å². The maximum absolute atomic E-state index is 12.4. The molecule has 0 aliphatic carbocycles. The van der Waals surface area contributed by atoms with Gasteiger partial charge in [-0.05, 0) is 12.1 Å². The first-order valence-corrected chi connectivity index (χ1v) is 6.23. The van der Waals surface area contributed by atoms with Gasteiger partial charge in [-0.25, -0.2) is 8.60 Å². The third-order valence-corrected chi connectivity index (χ3v) is 3.24. The van der Waals surface area contributed by atoms with Crippen molar-refractivity contribution in [1.29, 1.82) is 0 Å². The van der Waals surface area contributed by atoms with Gasteiger partial charge in [-0.2, -0.15) is 0 Å². The van der Waals surface area contributed by atoms with Gasteiger partial charge in [0.1, 0.15) is 5.82 Å². The fraction of sp³-hybridized carbons (Fsp3) is 0.143. The summed E-state index contributed by atoms with van der Waals surface area (Å²) in [7, 11) is -3.97. The molecule has 12 N–H and O–H groups in total. The molecule has 13 heteroatoms. The molecule has 0 radical (unpaired) electrons. The average Bonchev–Trinajstić information content (AvgIpc) is 2.02. The van der Waals surface area contributed by atoms with Crippen molar-refractivity contribution in [2.24, 2.45) is 0 Å². The summed E-state index contributed by atoms with van der Waals surface area (Å²) in [5.74, 6) is -0.342. The Labute approximate surface area is 128 Å². The first-order valence-electron chi connectivity index (χ1n) is 3.32. The number of rotatable bonds is 2. The fourth-order valence-corrected chi connectivity index (χ4v) is 2.03. The Morgan fingerprint density at radius 1 is 0.950 bits per heavy atom. The minimum atomic E-state index is -4.26. The Bertz CT molecular complexity index is 399. The van der Waals surface area contributed by atoms with E-state index in [1.807, 2.05) is 0 Å². The summed E-state index contributed by atoms with van der Waals surface area (Å²) in [6.07, 6.45) is 0. The molecule has 0 heterocycles. The molecular formula is C7H18FNiO9S2+. The molecule has 0 aliphatic heterocycles. The SMILES string of the molecule is O.O.O.O.O.O.O=S([O-])([O-])=[S+]Cc1ccc(F)cc1.[Ni+2]. The molecule has 0 aromatic heterocycles. The summed E-state index contributed by atoms with van der Waals surface area (Å²) in [6.45, 7) is 0. The van der Waals surface area contributed by atoms with Crippen LogP contribution in [0.5, 0.6) is 0 Å². The summed E-state index contributed by atoms with van der Waals surface area (Å²) < 4.78 is 43.0. The van der Waals surface area contributed by atoms with Gasteiger partial charge in [-0.1, -0.05) is 12.1 Å². The Kier molecular flexibility index (Phi) is 39.9. The van der Waals surface area contributed by atoms with Crippen LogP contribution in [0.1, 0.15) is 5.56 Å². The Hall–Kier alpha value is -0.306. The van der Waals surface area contributed by atoms with Gasteiger partial charge in [0.2, 0.25) is 16.1 Å². The van der Waals surface area contributed by atoms with E-state index in [2.05, 4.69) is 0 Å². The van der Waals surface area contributed by atoms with Crippen LogP contribution in [0.4, 0.5) is 4.39 Å². The zero-order chi connectivity index (χ0) is 9.90. The molecule has 0 fully saturated rings. The van der Waals surface area contributed by atoms with Gasteiger partial charge in [0, 0.05) is 5.56 Å². The fourth-order valence-electron chi connectivity index (χ4n) is 0.721. The largest absolute Gasteiger partial charge is 2.00 e. The van der Waals surface area contributed by atoms with Crippen molar-refractivity contribution in [2.45, 2.75) is 5.75 Å². The van der Waals surface area contributed by atoms with Gasteiger partial charge < -0.3 is 42.0 Å². The molecular weight excluding hydrogens is 370 g/mol. The monoisotopic (exact) mass is 387 g/mol. The van der Waals surface area contributed by atoms with E-state index in [0.717, 1.165) is 0 Å². The second-order valence-corrected chi connectivity index (χ2v) is 5.57. The predicted molar refractivity (Wildman–Crippen MR) is 68.8 cm³/mol. The van der Waals surface area contributed by atoms with Gasteiger partial charge in [0.15, 0.2) is 0 Å². The minimum Gasteiger partial charge on any atom is -0.746 e. The van der Waals surface area contributed by atoms with Crippen molar-refractivity contribution in [1.82, 2.24) is 0 Å². The van der Waals surface area contributed by atoms with E-state index in [-0.39, 0.29) is 65.4 Å². The molecule has 9 nitrogen and oxygen atoms in total. The van der Waals surface area contributed by atoms with E-state index in [1.165, 1.54) is 24.3 Å². The normalized spacial score (nSPS) is 7.35. The Morgan fingerprint density at radius 3 is 1.60 bits per heavy atom. The number of hydrogen-bond acceptors (Lipinski definition) is 3. The molecule has 0 amide bonds. The van der Waals surface area contributed by atoms with Crippen molar-refractivity contribution in [3.05, 3.63) is 35.6 Å². The maximum Gasteiger partial charge on any atom is 2.00 e. The molecule has 0 bridgehead atoms. The summed E-state index contributed by atoms with van der Waals surface area (Å²) in [6, 6.07) is 5.31. The van der Waals surface area contributed by atoms with Crippen molar-refractivity contribution >= 4 is 19.4 Å². The third-order valence-electron chi connectivity index (χ3n) is 1.28. The third kappa shape index (κ3) is 20.0. The first kappa shape index (κ1) is 42.7. The summed E-state index contributed by atoms with van der Waals surface area (Å²) in [5.41, 5.74) is 0.603. The van der Waals surface area contributed by atoms with Gasteiger partial charge in [-0.3, -0.25) is 0 Å². The van der Waals surface area contributed by atoms with Crippen LogP contribution >= 0.6 is 0 Å². The molecule has 0 aliphatic rings. The molecule has 1 aromatic rings. The molecule has 1 rings (SSSR count). The van der Waals surface area contributed by atoms with Crippen molar-refractivity contribution < 1.29 is 67.1 Å². The van der Waals surface area contributed by atoms with Crippen LogP contribution in [-0.2, 0) is 41.6 Å². The maximum atomic E-state index is 12.4. The zero-order valence-electron chi connectivity index (χ0n) is 9.75. The van der Waals surface area contributed by atoms with Gasteiger partial charge in [0.05, 0.1) is 9.05 Å². The van der Waals surface area contributed by atoms with E-state index >= 15 is 0 Å². The molecule has 128 valence electrons. The van der Waals surface area contributed by atoms with E-state index in [9.17, 15) is 17.7 Å². The van der Waals surface area contributed by atoms with Crippen LogP contribution in [0.25, 0.3) is 0 Å². The molecule has 0 unspecified atom stereocenters. The van der Waals surface area contributed by atoms with Crippen LogP contribution in [-0.4, -0.2) is 46.2 Å². The van der Waals surface area contributed by atoms with Crippen LogP contribution in [0.3, 0.4) is 0 Å². The average molecular weight is 388 g/mol. The predicted octanol–water partition coefficient (Wildman–Crippen LogP) is -4.08. The Balaban J connectivity index is -0.0000000483. The van der Waals surface area contributed by atoms with Gasteiger partial charge >= 0.3 is 16.5 Å². The molecule has 0 spiro atoms. The number of benzene rings is 1. The topological polar surface area (TPSA) is 252 Å². The van der Waals surface area contributed by atoms with E-state index in [0.29, 0.717) is 5.56 Å². The van der Waals surface area contributed by atoms with E-state index in [4.69, 9.17) is 0 Å². The second-order valence-electron chi connectivity index (χ2n) is 2.30. The summed E-state index contributed by atoms with van der Waals surface area (Å²) in [5, 5.41) is 0. The number of halogens is 1. The van der Waals surface area contributed by atoms with Crippen molar-refractivity contribution in [3.63, 3.8) is 0 Å². The standard InChI is InChI=1S/C7H7FO3S2.Ni.6H2O/c8-7-3-1-6(2-4-7)5-12-13(9,10)11;;;;;;;/h1-4H,5H2,(H-,9,10,11);;6*1H2/q;+2;;;;;;/p-1. The van der Waals surface area contributed by atoms with Crippen LogP contribution < -0.4 is 0 Å². The number of hydrogen-bond donors (Lipinski definition) is 0. The quantitative estimate of drug-likeness (QED) is 0.362. The summed E-state index contributed by atoms with van der Waals surface area (Å²) in [4.78, 5) is 0. The molecule has 0 saturated heterocycles. The molecule has 1 aromatic carbocycles. The van der Waals surface area contributed by atoms with Crippen molar-refractivity contribution in [2.75, 3.05) is 0 Å². The van der Waals surface area contributed by atoms with Gasteiger partial charge in [0.25, 0.3) is 0 Å².